The van der Waals surface area contributed by atoms with E-state index in [9.17, 15) is 13.2 Å². The van der Waals surface area contributed by atoms with Gasteiger partial charge in [-0.25, -0.2) is 8.42 Å². The maximum Gasteiger partial charge on any atom is 0.241 e. The first-order valence-electron chi connectivity index (χ1n) is 7.73. The van der Waals surface area contributed by atoms with Gasteiger partial charge in [-0.2, -0.15) is 0 Å². The second-order valence-corrected chi connectivity index (χ2v) is 7.87. The van der Waals surface area contributed by atoms with Gasteiger partial charge in [-0.05, 0) is 45.0 Å². The molecule has 1 aliphatic rings. The Kier molecular flexibility index (Phi) is 5.58. The fourth-order valence-corrected chi connectivity index (χ4v) is 3.62. The molecule has 0 bridgehead atoms. The number of hydrogen-bond acceptors (Lipinski definition) is 4. The lowest BCUT2D eigenvalue weighted by molar-refractivity contribution is -0.120. The molecule has 5 nitrogen and oxygen atoms in total. The number of benzene rings is 1. The first-order valence-corrected chi connectivity index (χ1v) is 9.63. The Balaban J connectivity index is 2.12. The second-order valence-electron chi connectivity index (χ2n) is 5.88. The van der Waals surface area contributed by atoms with Gasteiger partial charge in [0.1, 0.15) is 0 Å². The predicted octanol–water partition coefficient (Wildman–Crippen LogP) is 2.29. The van der Waals surface area contributed by atoms with Crippen LogP contribution in [0.5, 0.6) is 0 Å². The average Bonchev–Trinajstić information content (AvgIpc) is 2.75. The van der Waals surface area contributed by atoms with Gasteiger partial charge in [-0.3, -0.25) is 9.69 Å². The molecule has 1 amide bonds. The van der Waals surface area contributed by atoms with Crippen LogP contribution in [-0.4, -0.2) is 44.6 Å². The van der Waals surface area contributed by atoms with Crippen molar-refractivity contribution in [1.29, 1.82) is 0 Å². The van der Waals surface area contributed by atoms with E-state index in [1.807, 2.05) is 6.92 Å². The molecule has 1 atom stereocenters. The molecule has 22 heavy (non-hydrogen) atoms. The zero-order chi connectivity index (χ0) is 16.2. The van der Waals surface area contributed by atoms with Crippen molar-refractivity contribution in [3.63, 3.8) is 0 Å². The van der Waals surface area contributed by atoms with E-state index in [1.165, 1.54) is 18.9 Å². The summed E-state index contributed by atoms with van der Waals surface area (Å²) >= 11 is 0. The Morgan fingerprint density at radius 1 is 1.14 bits per heavy atom. The van der Waals surface area contributed by atoms with E-state index < -0.39 is 9.84 Å². The number of para-hydroxylation sites is 1. The molecule has 1 heterocycles. The van der Waals surface area contributed by atoms with Gasteiger partial charge in [0.2, 0.25) is 5.91 Å². The minimum atomic E-state index is -3.36. The van der Waals surface area contributed by atoms with Gasteiger partial charge in [0.25, 0.3) is 0 Å². The van der Waals surface area contributed by atoms with E-state index in [0.717, 1.165) is 32.2 Å². The fourth-order valence-electron chi connectivity index (χ4n) is 2.78. The molecule has 1 aromatic carbocycles. The second kappa shape index (κ2) is 7.24. The standard InChI is InChI=1S/C16H24N2O3S/c1-13(18-11-7-3-4-8-12-18)16(19)17-14-9-5-6-10-15(14)22(2,20)21/h5-6,9-10,13H,3-4,7-8,11-12H2,1-2H3,(H,17,19)/t13-/m1/s1. The van der Waals surface area contributed by atoms with E-state index in [2.05, 4.69) is 10.2 Å². The lowest BCUT2D eigenvalue weighted by Crippen LogP contribution is -2.42. The van der Waals surface area contributed by atoms with E-state index in [4.69, 9.17) is 0 Å². The molecule has 1 aromatic rings. The normalized spacial score (nSPS) is 18.5. The maximum atomic E-state index is 12.5. The van der Waals surface area contributed by atoms with Gasteiger partial charge < -0.3 is 5.32 Å². The van der Waals surface area contributed by atoms with Gasteiger partial charge >= 0.3 is 0 Å². The van der Waals surface area contributed by atoms with Crippen LogP contribution in [-0.2, 0) is 14.6 Å². The third-order valence-electron chi connectivity index (χ3n) is 4.11. The zero-order valence-electron chi connectivity index (χ0n) is 13.2. The summed E-state index contributed by atoms with van der Waals surface area (Å²) in [7, 11) is -3.36. The highest BCUT2D eigenvalue weighted by atomic mass is 32.2. The van der Waals surface area contributed by atoms with Gasteiger partial charge in [-0.1, -0.05) is 25.0 Å². The minimum Gasteiger partial charge on any atom is -0.324 e. The summed E-state index contributed by atoms with van der Waals surface area (Å²) in [5.41, 5.74) is 0.358. The summed E-state index contributed by atoms with van der Waals surface area (Å²) in [5, 5.41) is 2.77. The van der Waals surface area contributed by atoms with Crippen LogP contribution in [0.4, 0.5) is 5.69 Å². The summed E-state index contributed by atoms with van der Waals surface area (Å²) in [5.74, 6) is -0.155. The number of rotatable bonds is 4. The fraction of sp³-hybridized carbons (Fsp3) is 0.562. The molecule has 0 radical (unpaired) electrons. The van der Waals surface area contributed by atoms with E-state index >= 15 is 0 Å². The number of amides is 1. The number of nitrogens with one attached hydrogen (secondary N) is 1. The molecule has 2 rings (SSSR count). The van der Waals surface area contributed by atoms with Crippen molar-refractivity contribution in [2.75, 3.05) is 24.7 Å². The van der Waals surface area contributed by atoms with E-state index in [0.29, 0.717) is 5.69 Å². The zero-order valence-corrected chi connectivity index (χ0v) is 14.0. The van der Waals surface area contributed by atoms with Crippen molar-refractivity contribution in [1.82, 2.24) is 4.90 Å². The van der Waals surface area contributed by atoms with Gasteiger partial charge in [0.15, 0.2) is 9.84 Å². The molecule has 0 unspecified atom stereocenters. The molecule has 1 fully saturated rings. The highest BCUT2D eigenvalue weighted by Gasteiger charge is 2.23. The smallest absolute Gasteiger partial charge is 0.241 e. The predicted molar refractivity (Wildman–Crippen MR) is 87.7 cm³/mol. The third kappa shape index (κ3) is 4.30. The van der Waals surface area contributed by atoms with Crippen LogP contribution in [0.15, 0.2) is 29.2 Å². The lowest BCUT2D eigenvalue weighted by Gasteiger charge is -2.26. The highest BCUT2D eigenvalue weighted by Crippen LogP contribution is 2.21. The molecule has 0 spiro atoms. The summed E-state index contributed by atoms with van der Waals surface area (Å²) in [4.78, 5) is 14.8. The average molecular weight is 324 g/mol. The van der Waals surface area contributed by atoms with Gasteiger partial charge in [0.05, 0.1) is 16.6 Å². The number of anilines is 1. The third-order valence-corrected chi connectivity index (χ3v) is 5.27. The van der Waals surface area contributed by atoms with Crippen LogP contribution in [0, 0.1) is 0 Å². The van der Waals surface area contributed by atoms with Crippen molar-refractivity contribution < 1.29 is 13.2 Å². The Morgan fingerprint density at radius 3 is 2.32 bits per heavy atom. The van der Waals surface area contributed by atoms with Gasteiger partial charge in [-0.15, -0.1) is 0 Å². The van der Waals surface area contributed by atoms with Crippen molar-refractivity contribution in [3.8, 4) is 0 Å². The van der Waals surface area contributed by atoms with E-state index in [-0.39, 0.29) is 16.8 Å². The molecular weight excluding hydrogens is 300 g/mol. The summed E-state index contributed by atoms with van der Waals surface area (Å²) in [6.45, 7) is 3.72. The van der Waals surface area contributed by atoms with Gasteiger partial charge in [0, 0.05) is 6.26 Å². The molecule has 6 heteroatoms. The minimum absolute atomic E-state index is 0.155. The molecule has 0 aromatic heterocycles. The van der Waals surface area contributed by atoms with Crippen molar-refractivity contribution >= 4 is 21.4 Å². The van der Waals surface area contributed by atoms with Crippen molar-refractivity contribution in [2.24, 2.45) is 0 Å². The Bertz CT molecular complexity index is 620. The van der Waals surface area contributed by atoms with E-state index in [1.54, 1.807) is 18.2 Å². The quantitative estimate of drug-likeness (QED) is 0.923. The molecule has 0 aliphatic carbocycles. The number of sulfone groups is 1. The molecule has 0 saturated carbocycles. The molecule has 1 N–H and O–H groups in total. The highest BCUT2D eigenvalue weighted by molar-refractivity contribution is 7.90. The SMILES string of the molecule is C[C@H](C(=O)Nc1ccccc1S(C)(=O)=O)N1CCCCCC1. The number of nitrogens with zero attached hydrogens (tertiary/aromatic N) is 1. The Hall–Kier alpha value is -1.40. The number of hydrogen-bond donors (Lipinski definition) is 1. The number of carbonyl (C=O) groups is 1. The lowest BCUT2D eigenvalue weighted by atomic mass is 10.2. The largest absolute Gasteiger partial charge is 0.324 e. The van der Waals surface area contributed by atoms with Crippen LogP contribution >= 0.6 is 0 Å². The van der Waals surface area contributed by atoms with Crippen LogP contribution in [0.2, 0.25) is 0 Å². The number of likely N-dealkylation sites (tertiary alicyclic amines) is 1. The molecule has 122 valence electrons. The maximum absolute atomic E-state index is 12.5. The van der Waals surface area contributed by atoms with Crippen LogP contribution in [0.3, 0.4) is 0 Å². The van der Waals surface area contributed by atoms with Crippen LogP contribution in [0.1, 0.15) is 32.6 Å². The topological polar surface area (TPSA) is 66.5 Å². The first kappa shape index (κ1) is 17.0. The van der Waals surface area contributed by atoms with Crippen molar-refractivity contribution in [2.45, 2.75) is 43.5 Å². The summed E-state index contributed by atoms with van der Waals surface area (Å²) < 4.78 is 23.6. The monoisotopic (exact) mass is 324 g/mol. The van der Waals surface area contributed by atoms with Crippen LogP contribution in [0.25, 0.3) is 0 Å². The number of carbonyl (C=O) groups excluding carboxylic acids is 1. The van der Waals surface area contributed by atoms with Crippen molar-refractivity contribution in [3.05, 3.63) is 24.3 Å². The summed E-state index contributed by atoms with van der Waals surface area (Å²) in [6.07, 6.45) is 5.79. The molecular formula is C16H24N2O3S. The Labute approximate surface area is 132 Å². The van der Waals surface area contributed by atoms with Crippen LogP contribution < -0.4 is 5.32 Å². The Morgan fingerprint density at radius 2 is 1.73 bits per heavy atom. The summed E-state index contributed by atoms with van der Waals surface area (Å²) in [6, 6.07) is 6.27. The molecule has 1 saturated heterocycles. The molecule has 1 aliphatic heterocycles. The first-order chi connectivity index (χ1) is 10.4.